The summed E-state index contributed by atoms with van der Waals surface area (Å²) in [5.41, 5.74) is 0.789. The van der Waals surface area contributed by atoms with Crippen molar-refractivity contribution < 1.29 is 16.8 Å². The van der Waals surface area contributed by atoms with Gasteiger partial charge in [-0.1, -0.05) is 29.3 Å². The van der Waals surface area contributed by atoms with E-state index >= 15 is 0 Å². The molecular formula is C15H14Cl2N2O4S2. The largest absolute Gasteiger partial charge is 0.280 e. The molecule has 0 spiro atoms. The van der Waals surface area contributed by atoms with Gasteiger partial charge in [-0.25, -0.2) is 16.8 Å². The Bertz CT molecular complexity index is 1010. The first-order valence-corrected chi connectivity index (χ1v) is 11.1. The molecule has 0 aromatic heterocycles. The van der Waals surface area contributed by atoms with Crippen molar-refractivity contribution in [3.63, 3.8) is 0 Å². The molecule has 0 atom stereocenters. The molecule has 2 aromatic carbocycles. The predicted octanol–water partition coefficient (Wildman–Crippen LogP) is 3.33. The Hall–Kier alpha value is -1.48. The van der Waals surface area contributed by atoms with Crippen molar-refractivity contribution in [2.75, 3.05) is 21.3 Å². The zero-order valence-corrected chi connectivity index (χ0v) is 16.0. The smallest absolute Gasteiger partial charge is 0.263 e. The molecule has 6 nitrogen and oxygen atoms in total. The number of nitrogens with one attached hydrogen (secondary N) is 1. The van der Waals surface area contributed by atoms with E-state index < -0.39 is 20.0 Å². The van der Waals surface area contributed by atoms with Crippen LogP contribution >= 0.6 is 23.2 Å². The average Bonchev–Trinajstić information content (AvgIpc) is 2.89. The van der Waals surface area contributed by atoms with Crippen LogP contribution in [0.15, 0.2) is 47.4 Å². The van der Waals surface area contributed by atoms with Gasteiger partial charge in [0.05, 0.1) is 21.5 Å². The minimum atomic E-state index is -3.92. The quantitative estimate of drug-likeness (QED) is 0.821. The summed E-state index contributed by atoms with van der Waals surface area (Å²) in [7, 11) is -7.20. The number of nitrogens with zero attached hydrogens (tertiary/aromatic N) is 1. The van der Waals surface area contributed by atoms with E-state index in [2.05, 4.69) is 4.72 Å². The number of rotatable bonds is 4. The lowest BCUT2D eigenvalue weighted by atomic mass is 10.3. The molecule has 0 unspecified atom stereocenters. The third-order valence-electron chi connectivity index (χ3n) is 3.71. The summed E-state index contributed by atoms with van der Waals surface area (Å²) < 4.78 is 52.5. The van der Waals surface area contributed by atoms with Crippen molar-refractivity contribution in [1.82, 2.24) is 0 Å². The maximum atomic E-state index is 12.5. The summed E-state index contributed by atoms with van der Waals surface area (Å²) in [6, 6.07) is 10.4. The summed E-state index contributed by atoms with van der Waals surface area (Å²) in [6.07, 6.45) is 0.573. The minimum Gasteiger partial charge on any atom is -0.280 e. The van der Waals surface area contributed by atoms with Crippen LogP contribution in [0.25, 0.3) is 0 Å². The van der Waals surface area contributed by atoms with Crippen LogP contribution in [-0.4, -0.2) is 29.1 Å². The molecule has 10 heteroatoms. The lowest BCUT2D eigenvalue weighted by Crippen LogP contribution is -2.25. The van der Waals surface area contributed by atoms with Crippen molar-refractivity contribution >= 4 is 54.6 Å². The summed E-state index contributed by atoms with van der Waals surface area (Å²) in [5.74, 6) is 0.120. The maximum absolute atomic E-state index is 12.5. The second kappa shape index (κ2) is 6.68. The van der Waals surface area contributed by atoms with Gasteiger partial charge in [-0.2, -0.15) is 0 Å². The van der Waals surface area contributed by atoms with Crippen LogP contribution in [-0.2, 0) is 20.0 Å². The zero-order chi connectivity index (χ0) is 18.2. The molecule has 1 heterocycles. The summed E-state index contributed by atoms with van der Waals surface area (Å²) in [6.45, 7) is 0.422. The van der Waals surface area contributed by atoms with Gasteiger partial charge < -0.3 is 0 Å². The Balaban J connectivity index is 1.85. The first kappa shape index (κ1) is 18.3. The van der Waals surface area contributed by atoms with Crippen LogP contribution < -0.4 is 9.03 Å². The van der Waals surface area contributed by atoms with Crippen LogP contribution in [0.3, 0.4) is 0 Å². The number of halogens is 2. The number of hydrogen-bond acceptors (Lipinski definition) is 4. The number of hydrogen-bond donors (Lipinski definition) is 1. The van der Waals surface area contributed by atoms with E-state index in [-0.39, 0.29) is 26.4 Å². The minimum absolute atomic E-state index is 0.0588. The Morgan fingerprint density at radius 1 is 1.04 bits per heavy atom. The fourth-order valence-corrected chi connectivity index (χ4v) is 5.91. The molecule has 1 aliphatic heterocycles. The van der Waals surface area contributed by atoms with E-state index in [9.17, 15) is 16.8 Å². The van der Waals surface area contributed by atoms with Crippen LogP contribution in [0.4, 0.5) is 11.4 Å². The molecule has 3 rings (SSSR count). The van der Waals surface area contributed by atoms with E-state index in [0.717, 1.165) is 0 Å². The van der Waals surface area contributed by atoms with Gasteiger partial charge >= 0.3 is 0 Å². The molecule has 0 aliphatic carbocycles. The molecule has 0 bridgehead atoms. The zero-order valence-electron chi connectivity index (χ0n) is 12.8. The lowest BCUT2D eigenvalue weighted by molar-refractivity contribution is 0.598. The molecule has 25 heavy (non-hydrogen) atoms. The standard InChI is InChI=1S/C15H14Cl2N2O4S2/c16-13-3-1-4-14(15(13)17)25(22,23)18-11-5-7-12(8-6-11)19-9-2-10-24(19,20)21/h1,3-8,18H,2,9-10H2. The van der Waals surface area contributed by atoms with Gasteiger partial charge in [0.1, 0.15) is 4.90 Å². The second-order valence-corrected chi connectivity index (χ2v) is 9.89. The molecule has 0 saturated carbocycles. The molecular weight excluding hydrogens is 407 g/mol. The summed E-state index contributed by atoms with van der Waals surface area (Å²) in [5, 5.41) is 0.0792. The highest BCUT2D eigenvalue weighted by Crippen LogP contribution is 2.31. The van der Waals surface area contributed by atoms with Gasteiger partial charge in [-0.05, 0) is 42.8 Å². The first-order chi connectivity index (χ1) is 11.7. The van der Waals surface area contributed by atoms with Gasteiger partial charge in [0.25, 0.3) is 10.0 Å². The summed E-state index contributed by atoms with van der Waals surface area (Å²) in [4.78, 5) is -0.132. The van der Waals surface area contributed by atoms with Crippen LogP contribution in [0.5, 0.6) is 0 Å². The Labute approximate surface area is 156 Å². The average molecular weight is 421 g/mol. The maximum Gasteiger partial charge on any atom is 0.263 e. The third-order valence-corrected chi connectivity index (χ3v) is 7.94. The van der Waals surface area contributed by atoms with Crippen LogP contribution in [0.2, 0.25) is 10.0 Å². The number of sulfonamides is 2. The third kappa shape index (κ3) is 3.72. The van der Waals surface area contributed by atoms with Crippen molar-refractivity contribution in [3.8, 4) is 0 Å². The van der Waals surface area contributed by atoms with Gasteiger partial charge in [0.2, 0.25) is 10.0 Å². The Morgan fingerprint density at radius 3 is 2.32 bits per heavy atom. The monoisotopic (exact) mass is 420 g/mol. The van der Waals surface area contributed by atoms with Crippen molar-refractivity contribution in [3.05, 3.63) is 52.5 Å². The predicted molar refractivity (Wildman–Crippen MR) is 99.5 cm³/mol. The van der Waals surface area contributed by atoms with Crippen LogP contribution in [0, 0.1) is 0 Å². The highest BCUT2D eigenvalue weighted by molar-refractivity contribution is 7.93. The number of benzene rings is 2. The SMILES string of the molecule is O=S(=O)(Nc1ccc(N2CCCS2(=O)=O)cc1)c1cccc(Cl)c1Cl. The van der Waals surface area contributed by atoms with Crippen LogP contribution in [0.1, 0.15) is 6.42 Å². The molecule has 1 N–H and O–H groups in total. The van der Waals surface area contributed by atoms with E-state index in [1.165, 1.54) is 34.6 Å². The Morgan fingerprint density at radius 2 is 1.72 bits per heavy atom. The molecule has 2 aromatic rings. The van der Waals surface area contributed by atoms with Crippen molar-refractivity contribution in [2.45, 2.75) is 11.3 Å². The lowest BCUT2D eigenvalue weighted by Gasteiger charge is -2.17. The normalized spacial score (nSPS) is 16.8. The van der Waals surface area contributed by atoms with E-state index in [0.29, 0.717) is 18.7 Å². The van der Waals surface area contributed by atoms with Crippen molar-refractivity contribution in [1.29, 1.82) is 0 Å². The Kier molecular flexibility index (Phi) is 4.89. The van der Waals surface area contributed by atoms with E-state index in [1.807, 2.05) is 0 Å². The highest BCUT2D eigenvalue weighted by atomic mass is 35.5. The molecule has 0 amide bonds. The molecule has 1 saturated heterocycles. The second-order valence-electron chi connectivity index (χ2n) is 5.45. The summed E-state index contributed by atoms with van der Waals surface area (Å²) >= 11 is 11.8. The molecule has 0 radical (unpaired) electrons. The molecule has 134 valence electrons. The van der Waals surface area contributed by atoms with E-state index in [1.54, 1.807) is 12.1 Å². The van der Waals surface area contributed by atoms with Gasteiger partial charge in [0, 0.05) is 12.2 Å². The molecule has 1 aliphatic rings. The topological polar surface area (TPSA) is 83.6 Å². The van der Waals surface area contributed by atoms with Gasteiger partial charge in [-0.15, -0.1) is 0 Å². The van der Waals surface area contributed by atoms with Crippen molar-refractivity contribution in [2.24, 2.45) is 0 Å². The molecule has 1 fully saturated rings. The fourth-order valence-electron chi connectivity index (χ4n) is 2.53. The fraction of sp³-hybridized carbons (Fsp3) is 0.200. The van der Waals surface area contributed by atoms with E-state index in [4.69, 9.17) is 23.2 Å². The highest BCUT2D eigenvalue weighted by Gasteiger charge is 2.28. The number of anilines is 2. The van der Waals surface area contributed by atoms with Gasteiger partial charge in [0.15, 0.2) is 0 Å². The van der Waals surface area contributed by atoms with Gasteiger partial charge in [-0.3, -0.25) is 9.03 Å². The first-order valence-electron chi connectivity index (χ1n) is 7.28.